The Morgan fingerprint density at radius 1 is 1.64 bits per heavy atom. The molecule has 0 spiro atoms. The van der Waals surface area contributed by atoms with Crippen LogP contribution >= 0.6 is 0 Å². The number of hydrogen-bond acceptors (Lipinski definition) is 3. The summed E-state index contributed by atoms with van der Waals surface area (Å²) in [6, 6.07) is 3.16. The van der Waals surface area contributed by atoms with Gasteiger partial charge in [0.25, 0.3) is 0 Å². The van der Waals surface area contributed by atoms with Crippen LogP contribution in [0.5, 0.6) is 0 Å². The van der Waals surface area contributed by atoms with Crippen LogP contribution in [0.2, 0.25) is 0 Å². The van der Waals surface area contributed by atoms with Gasteiger partial charge in [-0.05, 0) is 32.0 Å². The Hall–Kier alpha value is -1.42. The van der Waals surface area contributed by atoms with Crippen molar-refractivity contribution < 1.29 is 9.90 Å². The van der Waals surface area contributed by atoms with Gasteiger partial charge in [0.15, 0.2) is 0 Å². The van der Waals surface area contributed by atoms with Crippen LogP contribution in [0.1, 0.15) is 28.9 Å². The van der Waals surface area contributed by atoms with Gasteiger partial charge in [-0.1, -0.05) is 0 Å². The van der Waals surface area contributed by atoms with E-state index >= 15 is 0 Å². The number of nitrogens with one attached hydrogen (secondary N) is 1. The molecule has 74 valence electrons. The molecule has 0 saturated heterocycles. The molecule has 1 aromatic heterocycles. The van der Waals surface area contributed by atoms with E-state index in [1.165, 1.54) is 6.07 Å². The summed E-state index contributed by atoms with van der Waals surface area (Å²) in [6.45, 7) is 0. The molecule has 0 bridgehead atoms. The second-order valence-electron chi connectivity index (χ2n) is 3.57. The molecule has 4 heteroatoms. The van der Waals surface area contributed by atoms with E-state index in [-0.39, 0.29) is 5.54 Å². The lowest BCUT2D eigenvalue weighted by Crippen LogP contribution is -2.25. The lowest BCUT2D eigenvalue weighted by molar-refractivity contribution is 0.0696. The molecule has 1 aromatic rings. The van der Waals surface area contributed by atoms with Crippen molar-refractivity contribution in [3.8, 4) is 0 Å². The maximum Gasteiger partial charge on any atom is 0.335 e. The number of carboxylic acid groups (broad SMARTS) is 1. The van der Waals surface area contributed by atoms with E-state index in [0.717, 1.165) is 18.5 Å². The van der Waals surface area contributed by atoms with Crippen LogP contribution in [0.4, 0.5) is 0 Å². The number of nitrogens with zero attached hydrogens (tertiary/aromatic N) is 1. The lowest BCUT2D eigenvalue weighted by atomic mass is 10.1. The summed E-state index contributed by atoms with van der Waals surface area (Å²) < 4.78 is 0. The van der Waals surface area contributed by atoms with Gasteiger partial charge in [0.05, 0.1) is 16.8 Å². The van der Waals surface area contributed by atoms with Gasteiger partial charge in [-0.25, -0.2) is 4.79 Å². The van der Waals surface area contributed by atoms with E-state index in [1.54, 1.807) is 12.3 Å². The maximum absolute atomic E-state index is 10.7. The van der Waals surface area contributed by atoms with Crippen molar-refractivity contribution in [3.05, 3.63) is 29.6 Å². The summed E-state index contributed by atoms with van der Waals surface area (Å²) in [5, 5.41) is 12.0. The molecule has 14 heavy (non-hydrogen) atoms. The second kappa shape index (κ2) is 3.06. The van der Waals surface area contributed by atoms with Crippen LogP contribution in [0.25, 0.3) is 0 Å². The van der Waals surface area contributed by atoms with Crippen LogP contribution in [0.3, 0.4) is 0 Å². The molecule has 0 unspecified atom stereocenters. The molecule has 1 fully saturated rings. The SMILES string of the molecule is CNC1(c2cc(C(=O)O)ccn2)CC1. The van der Waals surface area contributed by atoms with Crippen LogP contribution in [0.15, 0.2) is 18.3 Å². The van der Waals surface area contributed by atoms with Crippen molar-refractivity contribution in [1.29, 1.82) is 0 Å². The summed E-state index contributed by atoms with van der Waals surface area (Å²) in [6.07, 6.45) is 3.61. The highest BCUT2D eigenvalue weighted by Gasteiger charge is 2.44. The smallest absolute Gasteiger partial charge is 0.335 e. The first kappa shape index (κ1) is 9.15. The van der Waals surface area contributed by atoms with Gasteiger partial charge in [0.2, 0.25) is 0 Å². The van der Waals surface area contributed by atoms with E-state index < -0.39 is 5.97 Å². The zero-order valence-corrected chi connectivity index (χ0v) is 7.95. The Bertz CT molecular complexity index is 372. The predicted molar refractivity (Wildman–Crippen MR) is 51.2 cm³/mol. The number of carboxylic acids is 1. The molecule has 0 atom stereocenters. The zero-order valence-electron chi connectivity index (χ0n) is 7.95. The van der Waals surface area contributed by atoms with Crippen molar-refractivity contribution in [2.45, 2.75) is 18.4 Å². The number of hydrogen-bond donors (Lipinski definition) is 2. The molecule has 1 aliphatic carbocycles. The van der Waals surface area contributed by atoms with E-state index in [0.29, 0.717) is 5.56 Å². The second-order valence-corrected chi connectivity index (χ2v) is 3.57. The minimum absolute atomic E-state index is 0.0640. The Kier molecular flexibility index (Phi) is 2.00. The van der Waals surface area contributed by atoms with E-state index in [2.05, 4.69) is 10.3 Å². The summed E-state index contributed by atoms with van der Waals surface area (Å²) in [5.41, 5.74) is 1.07. The molecule has 0 amide bonds. The predicted octanol–water partition coefficient (Wildman–Crippen LogP) is 0.988. The van der Waals surface area contributed by atoms with E-state index in [9.17, 15) is 4.79 Å². The quantitative estimate of drug-likeness (QED) is 0.749. The number of pyridine rings is 1. The molecule has 0 aliphatic heterocycles. The largest absolute Gasteiger partial charge is 0.478 e. The third-order valence-corrected chi connectivity index (χ3v) is 2.73. The zero-order chi connectivity index (χ0) is 10.2. The highest BCUT2D eigenvalue weighted by Crippen LogP contribution is 2.44. The number of aromatic carboxylic acids is 1. The average Bonchev–Trinajstić information content (AvgIpc) is 2.98. The number of aromatic nitrogens is 1. The third kappa shape index (κ3) is 1.37. The van der Waals surface area contributed by atoms with Gasteiger partial charge in [-0.2, -0.15) is 0 Å². The van der Waals surface area contributed by atoms with Gasteiger partial charge in [0, 0.05) is 6.20 Å². The van der Waals surface area contributed by atoms with Crippen LogP contribution in [-0.4, -0.2) is 23.1 Å². The fourth-order valence-corrected chi connectivity index (χ4v) is 1.58. The van der Waals surface area contributed by atoms with Crippen LogP contribution in [-0.2, 0) is 5.54 Å². The molecule has 0 radical (unpaired) electrons. The van der Waals surface area contributed by atoms with Crippen molar-refractivity contribution in [2.24, 2.45) is 0 Å². The first-order valence-electron chi connectivity index (χ1n) is 4.57. The highest BCUT2D eigenvalue weighted by atomic mass is 16.4. The Morgan fingerprint density at radius 2 is 2.36 bits per heavy atom. The normalized spacial score (nSPS) is 17.8. The molecule has 1 aliphatic rings. The lowest BCUT2D eigenvalue weighted by Gasteiger charge is -2.13. The summed E-state index contributed by atoms with van der Waals surface area (Å²) >= 11 is 0. The fourth-order valence-electron chi connectivity index (χ4n) is 1.58. The van der Waals surface area contributed by atoms with Crippen molar-refractivity contribution in [1.82, 2.24) is 10.3 Å². The van der Waals surface area contributed by atoms with Crippen LogP contribution in [0, 0.1) is 0 Å². The van der Waals surface area contributed by atoms with E-state index in [4.69, 9.17) is 5.11 Å². The molecule has 2 rings (SSSR count). The van der Waals surface area contributed by atoms with Crippen molar-refractivity contribution >= 4 is 5.97 Å². The Labute approximate surface area is 82.0 Å². The van der Waals surface area contributed by atoms with Crippen molar-refractivity contribution in [2.75, 3.05) is 7.05 Å². The standard InChI is InChI=1S/C10H12N2O2/c1-11-10(3-4-10)8-6-7(9(13)14)2-5-12-8/h2,5-6,11H,3-4H2,1H3,(H,13,14). The number of carbonyl (C=O) groups is 1. The van der Waals surface area contributed by atoms with E-state index in [1.807, 2.05) is 7.05 Å². The van der Waals surface area contributed by atoms with Gasteiger partial charge in [-0.3, -0.25) is 4.98 Å². The van der Waals surface area contributed by atoms with Gasteiger partial charge < -0.3 is 10.4 Å². The summed E-state index contributed by atoms with van der Waals surface area (Å²) in [5.74, 6) is -0.902. The molecule has 4 nitrogen and oxygen atoms in total. The van der Waals surface area contributed by atoms with Crippen LogP contribution < -0.4 is 5.32 Å². The Morgan fingerprint density at radius 3 is 2.86 bits per heavy atom. The first-order valence-corrected chi connectivity index (χ1v) is 4.57. The average molecular weight is 192 g/mol. The molecule has 1 saturated carbocycles. The maximum atomic E-state index is 10.7. The first-order chi connectivity index (χ1) is 6.68. The summed E-state index contributed by atoms with van der Waals surface area (Å²) in [4.78, 5) is 14.9. The Balaban J connectivity index is 2.36. The monoisotopic (exact) mass is 192 g/mol. The molecular weight excluding hydrogens is 180 g/mol. The summed E-state index contributed by atoms with van der Waals surface area (Å²) in [7, 11) is 1.88. The van der Waals surface area contributed by atoms with Gasteiger partial charge in [0.1, 0.15) is 0 Å². The highest BCUT2D eigenvalue weighted by molar-refractivity contribution is 5.87. The minimum atomic E-state index is -0.902. The van der Waals surface area contributed by atoms with Gasteiger partial charge >= 0.3 is 5.97 Å². The van der Waals surface area contributed by atoms with Crippen molar-refractivity contribution in [3.63, 3.8) is 0 Å². The minimum Gasteiger partial charge on any atom is -0.478 e. The molecule has 1 heterocycles. The third-order valence-electron chi connectivity index (χ3n) is 2.73. The molecular formula is C10H12N2O2. The molecule has 2 N–H and O–H groups in total. The number of rotatable bonds is 3. The van der Waals surface area contributed by atoms with Gasteiger partial charge in [-0.15, -0.1) is 0 Å². The molecule has 0 aromatic carbocycles. The topological polar surface area (TPSA) is 62.2 Å². The fraction of sp³-hybridized carbons (Fsp3) is 0.400.